The Hall–Kier alpha value is -2.45. The summed E-state index contributed by atoms with van der Waals surface area (Å²) in [6.07, 6.45) is 0.582. The highest BCUT2D eigenvalue weighted by Crippen LogP contribution is 2.32. The summed E-state index contributed by atoms with van der Waals surface area (Å²) in [5, 5.41) is 3.01. The zero-order valence-electron chi connectivity index (χ0n) is 16.3. The Balaban J connectivity index is 1.79. The van der Waals surface area contributed by atoms with Crippen LogP contribution in [0.25, 0.3) is 0 Å². The summed E-state index contributed by atoms with van der Waals surface area (Å²) in [4.78, 5) is 12.7. The van der Waals surface area contributed by atoms with Crippen molar-refractivity contribution < 1.29 is 22.7 Å². The summed E-state index contributed by atoms with van der Waals surface area (Å²) < 4.78 is 36.5. The first-order chi connectivity index (χ1) is 13.9. The average molecular weight is 439 g/mol. The van der Waals surface area contributed by atoms with Crippen LogP contribution in [0.1, 0.15) is 30.6 Å². The number of carbonyl (C=O) groups excluding carboxylic acids is 1. The molecule has 0 aromatic heterocycles. The number of anilines is 2. The fraction of sp³-hybridized carbons (Fsp3) is 0.350. The van der Waals surface area contributed by atoms with Crippen molar-refractivity contribution in [1.82, 2.24) is 0 Å². The largest absolute Gasteiger partial charge is 0.490 e. The first-order valence-electron chi connectivity index (χ1n) is 9.36. The maximum absolute atomic E-state index is 12.7. The van der Waals surface area contributed by atoms with Gasteiger partial charge in [-0.2, -0.15) is 0 Å². The minimum atomic E-state index is -3.29. The van der Waals surface area contributed by atoms with Crippen LogP contribution in [-0.4, -0.2) is 39.8 Å². The lowest BCUT2D eigenvalue weighted by atomic mass is 10.1. The maximum Gasteiger partial charge on any atom is 0.255 e. The number of nitrogens with zero attached hydrogens (tertiary/aromatic N) is 1. The van der Waals surface area contributed by atoms with E-state index in [1.54, 1.807) is 36.4 Å². The molecule has 7 nitrogen and oxygen atoms in total. The topological polar surface area (TPSA) is 84.9 Å². The Bertz CT molecular complexity index is 1010. The minimum absolute atomic E-state index is 0.128. The van der Waals surface area contributed by atoms with Gasteiger partial charge in [0.2, 0.25) is 10.0 Å². The van der Waals surface area contributed by atoms with E-state index in [0.717, 1.165) is 0 Å². The standard InChI is InChI=1S/C20H23ClN2O5S/c1-3-27-18-9-6-14(12-19(18)28-4-2)20(24)22-17-8-7-15(13-16(17)21)23-10-5-11-29(23,25)26/h6-9,12-13H,3-5,10-11H2,1-2H3,(H,22,24). The molecule has 1 fully saturated rings. The third-order valence-electron chi connectivity index (χ3n) is 4.39. The molecule has 0 bridgehead atoms. The molecule has 1 aliphatic heterocycles. The van der Waals surface area contributed by atoms with Crippen LogP contribution < -0.4 is 19.1 Å². The van der Waals surface area contributed by atoms with Crippen LogP contribution in [0.5, 0.6) is 11.5 Å². The number of halogens is 1. The summed E-state index contributed by atoms with van der Waals surface area (Å²) in [5.41, 5.74) is 1.27. The van der Waals surface area contributed by atoms with Crippen molar-refractivity contribution in [1.29, 1.82) is 0 Å². The second-order valence-electron chi connectivity index (χ2n) is 6.39. The van der Waals surface area contributed by atoms with Gasteiger partial charge in [0.15, 0.2) is 11.5 Å². The Morgan fingerprint density at radius 3 is 2.45 bits per heavy atom. The number of sulfonamides is 1. The van der Waals surface area contributed by atoms with Crippen molar-refractivity contribution >= 4 is 38.9 Å². The second kappa shape index (κ2) is 8.92. The Labute approximate surface area is 175 Å². The molecule has 0 radical (unpaired) electrons. The van der Waals surface area contributed by atoms with Crippen LogP contribution in [0, 0.1) is 0 Å². The van der Waals surface area contributed by atoms with E-state index < -0.39 is 10.0 Å². The number of rotatable bonds is 7. The number of hydrogen-bond acceptors (Lipinski definition) is 5. The van der Waals surface area contributed by atoms with Gasteiger partial charge in [-0.15, -0.1) is 0 Å². The summed E-state index contributed by atoms with van der Waals surface area (Å²) in [7, 11) is -3.29. The number of benzene rings is 2. The number of carbonyl (C=O) groups is 1. The van der Waals surface area contributed by atoms with E-state index in [2.05, 4.69) is 5.32 Å². The molecule has 1 aliphatic rings. The predicted molar refractivity (Wildman–Crippen MR) is 114 cm³/mol. The molecule has 0 saturated carbocycles. The zero-order valence-corrected chi connectivity index (χ0v) is 17.8. The van der Waals surface area contributed by atoms with Gasteiger partial charge >= 0.3 is 0 Å². The molecule has 3 rings (SSSR count). The minimum Gasteiger partial charge on any atom is -0.490 e. The SMILES string of the molecule is CCOc1ccc(C(=O)Nc2ccc(N3CCCS3(=O)=O)cc2Cl)cc1OCC. The number of amides is 1. The van der Waals surface area contributed by atoms with Crippen molar-refractivity contribution in [2.24, 2.45) is 0 Å². The van der Waals surface area contributed by atoms with Gasteiger partial charge in [0, 0.05) is 12.1 Å². The summed E-state index contributed by atoms with van der Waals surface area (Å²) >= 11 is 6.30. The molecule has 9 heteroatoms. The molecule has 2 aromatic rings. The number of ether oxygens (including phenoxy) is 2. The van der Waals surface area contributed by atoms with E-state index >= 15 is 0 Å². The monoisotopic (exact) mass is 438 g/mol. The third-order valence-corrected chi connectivity index (χ3v) is 6.58. The fourth-order valence-electron chi connectivity index (χ4n) is 3.08. The zero-order chi connectivity index (χ0) is 21.0. The van der Waals surface area contributed by atoms with Crippen molar-refractivity contribution in [3.8, 4) is 11.5 Å². The van der Waals surface area contributed by atoms with Crippen molar-refractivity contribution in [2.45, 2.75) is 20.3 Å². The molecule has 0 unspecified atom stereocenters. The van der Waals surface area contributed by atoms with E-state index in [1.807, 2.05) is 13.8 Å². The van der Waals surface area contributed by atoms with Gasteiger partial charge in [-0.05, 0) is 56.7 Å². The Morgan fingerprint density at radius 1 is 1.10 bits per heavy atom. The molecule has 2 aromatic carbocycles. The predicted octanol–water partition coefficient (Wildman–Crippen LogP) is 3.93. The summed E-state index contributed by atoms with van der Waals surface area (Å²) in [5.74, 6) is 0.823. The highest BCUT2D eigenvalue weighted by molar-refractivity contribution is 7.93. The van der Waals surface area contributed by atoms with E-state index in [9.17, 15) is 13.2 Å². The van der Waals surface area contributed by atoms with E-state index in [0.29, 0.717) is 54.6 Å². The van der Waals surface area contributed by atoms with Crippen molar-refractivity contribution in [2.75, 3.05) is 35.1 Å². The smallest absolute Gasteiger partial charge is 0.255 e. The van der Waals surface area contributed by atoms with Crippen molar-refractivity contribution in [3.63, 3.8) is 0 Å². The van der Waals surface area contributed by atoms with Crippen LogP contribution in [0.3, 0.4) is 0 Å². The van der Waals surface area contributed by atoms with Crippen LogP contribution in [0.15, 0.2) is 36.4 Å². The lowest BCUT2D eigenvalue weighted by Crippen LogP contribution is -2.25. The van der Waals surface area contributed by atoms with E-state index in [1.165, 1.54) is 4.31 Å². The first-order valence-corrected chi connectivity index (χ1v) is 11.4. The molecule has 1 saturated heterocycles. The van der Waals surface area contributed by atoms with Gasteiger partial charge in [-0.1, -0.05) is 11.6 Å². The first kappa shape index (κ1) is 21.3. The second-order valence-corrected chi connectivity index (χ2v) is 8.81. The molecule has 156 valence electrons. The molecular weight excluding hydrogens is 416 g/mol. The van der Waals surface area contributed by atoms with Crippen LogP contribution in [-0.2, 0) is 10.0 Å². The van der Waals surface area contributed by atoms with Crippen LogP contribution in [0.4, 0.5) is 11.4 Å². The normalized spacial score (nSPS) is 15.2. The van der Waals surface area contributed by atoms with Gasteiger partial charge in [-0.3, -0.25) is 9.10 Å². The number of nitrogens with one attached hydrogen (secondary N) is 1. The average Bonchev–Trinajstić information content (AvgIpc) is 3.04. The number of hydrogen-bond donors (Lipinski definition) is 1. The molecule has 1 amide bonds. The van der Waals surface area contributed by atoms with Gasteiger partial charge in [-0.25, -0.2) is 8.42 Å². The maximum atomic E-state index is 12.7. The van der Waals surface area contributed by atoms with E-state index in [-0.39, 0.29) is 16.7 Å². The highest BCUT2D eigenvalue weighted by atomic mass is 35.5. The third kappa shape index (κ3) is 4.76. The van der Waals surface area contributed by atoms with Gasteiger partial charge in [0.05, 0.1) is 35.4 Å². The lowest BCUT2D eigenvalue weighted by Gasteiger charge is -2.18. The van der Waals surface area contributed by atoms with Gasteiger partial charge in [0.1, 0.15) is 0 Å². The molecule has 0 atom stereocenters. The summed E-state index contributed by atoms with van der Waals surface area (Å²) in [6.45, 7) is 5.08. The molecular formula is C20H23ClN2O5S. The van der Waals surface area contributed by atoms with Crippen molar-refractivity contribution in [3.05, 3.63) is 47.0 Å². The van der Waals surface area contributed by atoms with Crippen LogP contribution >= 0.6 is 11.6 Å². The van der Waals surface area contributed by atoms with Crippen LogP contribution in [0.2, 0.25) is 5.02 Å². The summed E-state index contributed by atoms with van der Waals surface area (Å²) in [6, 6.07) is 9.72. The molecule has 29 heavy (non-hydrogen) atoms. The Morgan fingerprint density at radius 2 is 1.83 bits per heavy atom. The van der Waals surface area contributed by atoms with Gasteiger partial charge < -0.3 is 14.8 Å². The quantitative estimate of drug-likeness (QED) is 0.707. The highest BCUT2D eigenvalue weighted by Gasteiger charge is 2.28. The molecule has 1 N–H and O–H groups in total. The van der Waals surface area contributed by atoms with E-state index in [4.69, 9.17) is 21.1 Å². The molecule has 1 heterocycles. The fourth-order valence-corrected chi connectivity index (χ4v) is 4.86. The Kier molecular flexibility index (Phi) is 6.54. The molecule has 0 aliphatic carbocycles. The molecule has 0 spiro atoms. The van der Waals surface area contributed by atoms with Gasteiger partial charge in [0.25, 0.3) is 5.91 Å². The lowest BCUT2D eigenvalue weighted by molar-refractivity contribution is 0.102.